The number of ether oxygens (including phenoxy) is 4. The predicted molar refractivity (Wildman–Crippen MR) is 76.6 cm³/mol. The molecule has 0 saturated carbocycles. The van der Waals surface area contributed by atoms with Crippen LogP contribution < -0.4 is 14.8 Å². The molecule has 1 aromatic rings. The van der Waals surface area contributed by atoms with Crippen molar-refractivity contribution in [1.82, 2.24) is 5.32 Å². The zero-order valence-electron chi connectivity index (χ0n) is 12.8. The fraction of sp³-hybridized carbons (Fsp3) is 0.467. The van der Waals surface area contributed by atoms with Crippen LogP contribution in [0, 0.1) is 0 Å². The molecule has 0 bridgehead atoms. The maximum absolute atomic E-state index is 11.7. The van der Waals surface area contributed by atoms with E-state index in [4.69, 9.17) is 18.9 Å². The van der Waals surface area contributed by atoms with Crippen molar-refractivity contribution in [2.24, 2.45) is 0 Å². The normalized spacial score (nSPS) is 14.9. The summed E-state index contributed by atoms with van der Waals surface area (Å²) in [5.74, 6) is 0.920. The summed E-state index contributed by atoms with van der Waals surface area (Å²) in [5, 5.41) is 2.68. The summed E-state index contributed by atoms with van der Waals surface area (Å²) < 4.78 is 20.2. The Balaban J connectivity index is 1.81. The molecule has 120 valence electrons. The lowest BCUT2D eigenvalue weighted by atomic mass is 10.1. The fourth-order valence-corrected chi connectivity index (χ4v) is 2.12. The van der Waals surface area contributed by atoms with E-state index in [1.807, 2.05) is 25.1 Å². The molecular weight excluding hydrogens is 290 g/mol. The molecular formula is C15H19NO6. The zero-order chi connectivity index (χ0) is 16.1. The maximum atomic E-state index is 11.7. The van der Waals surface area contributed by atoms with Crippen molar-refractivity contribution < 1.29 is 28.5 Å². The average molecular weight is 309 g/mol. The van der Waals surface area contributed by atoms with Crippen molar-refractivity contribution in [3.05, 3.63) is 23.8 Å². The standard InChI is InChI=1S/C15H19NO6/c1-9(16-15(18)22-11(3)21-10(2)17)6-12-4-5-13-14(7-12)20-8-19-13/h4-5,7,9,11H,6,8H2,1-3H3,(H,16,18). The number of fused-ring (bicyclic) bond motifs is 1. The quantitative estimate of drug-likeness (QED) is 0.661. The largest absolute Gasteiger partial charge is 0.454 e. The number of alkyl carbamates (subject to hydrolysis) is 1. The minimum Gasteiger partial charge on any atom is -0.454 e. The molecule has 1 amide bonds. The van der Waals surface area contributed by atoms with Crippen molar-refractivity contribution in [3.63, 3.8) is 0 Å². The highest BCUT2D eigenvalue weighted by Crippen LogP contribution is 2.32. The number of hydrogen-bond donors (Lipinski definition) is 1. The van der Waals surface area contributed by atoms with Gasteiger partial charge in [0.2, 0.25) is 13.1 Å². The molecule has 2 atom stereocenters. The topological polar surface area (TPSA) is 83.1 Å². The van der Waals surface area contributed by atoms with Crippen LogP contribution in [0.25, 0.3) is 0 Å². The Hall–Kier alpha value is -2.44. The molecule has 1 N–H and O–H groups in total. The van der Waals surface area contributed by atoms with Gasteiger partial charge in [-0.1, -0.05) is 6.07 Å². The Kier molecular flexibility index (Phi) is 5.08. The van der Waals surface area contributed by atoms with Gasteiger partial charge in [-0.25, -0.2) is 4.79 Å². The third-order valence-corrected chi connectivity index (χ3v) is 2.95. The van der Waals surface area contributed by atoms with Gasteiger partial charge in [-0.2, -0.15) is 0 Å². The van der Waals surface area contributed by atoms with Gasteiger partial charge >= 0.3 is 12.1 Å². The molecule has 1 aromatic carbocycles. The van der Waals surface area contributed by atoms with E-state index in [-0.39, 0.29) is 12.8 Å². The molecule has 1 aliphatic rings. The molecule has 7 heteroatoms. The van der Waals surface area contributed by atoms with Crippen LogP contribution in [0.15, 0.2) is 18.2 Å². The number of amides is 1. The van der Waals surface area contributed by atoms with Crippen molar-refractivity contribution in [3.8, 4) is 11.5 Å². The Morgan fingerprint density at radius 1 is 1.23 bits per heavy atom. The first kappa shape index (κ1) is 15.9. The molecule has 7 nitrogen and oxygen atoms in total. The van der Waals surface area contributed by atoms with E-state index >= 15 is 0 Å². The van der Waals surface area contributed by atoms with Crippen LogP contribution in [0.5, 0.6) is 11.5 Å². The van der Waals surface area contributed by atoms with E-state index in [0.717, 1.165) is 11.3 Å². The van der Waals surface area contributed by atoms with Gasteiger partial charge in [0, 0.05) is 19.9 Å². The van der Waals surface area contributed by atoms with Crippen LogP contribution in [0.3, 0.4) is 0 Å². The highest BCUT2D eigenvalue weighted by atomic mass is 16.7. The van der Waals surface area contributed by atoms with Gasteiger partial charge in [0.25, 0.3) is 0 Å². The Morgan fingerprint density at radius 3 is 2.68 bits per heavy atom. The van der Waals surface area contributed by atoms with Crippen LogP contribution >= 0.6 is 0 Å². The molecule has 0 aliphatic carbocycles. The molecule has 0 saturated heterocycles. The summed E-state index contributed by atoms with van der Waals surface area (Å²) >= 11 is 0. The Morgan fingerprint density at radius 2 is 1.95 bits per heavy atom. The summed E-state index contributed by atoms with van der Waals surface area (Å²) in [6, 6.07) is 5.48. The number of rotatable bonds is 5. The summed E-state index contributed by atoms with van der Waals surface area (Å²) in [4.78, 5) is 22.4. The van der Waals surface area contributed by atoms with Gasteiger partial charge in [-0.05, 0) is 31.0 Å². The summed E-state index contributed by atoms with van der Waals surface area (Å²) in [7, 11) is 0. The van der Waals surface area contributed by atoms with Crippen molar-refractivity contribution >= 4 is 12.1 Å². The third kappa shape index (κ3) is 4.54. The van der Waals surface area contributed by atoms with Crippen molar-refractivity contribution in [2.75, 3.05) is 6.79 Å². The second kappa shape index (κ2) is 7.02. The van der Waals surface area contributed by atoms with Gasteiger partial charge in [-0.15, -0.1) is 0 Å². The molecule has 1 aliphatic heterocycles. The first-order valence-corrected chi connectivity index (χ1v) is 6.97. The Bertz CT molecular complexity index is 559. The van der Waals surface area contributed by atoms with Gasteiger partial charge in [0.15, 0.2) is 11.5 Å². The van der Waals surface area contributed by atoms with E-state index in [1.165, 1.54) is 13.8 Å². The first-order valence-electron chi connectivity index (χ1n) is 6.97. The zero-order valence-corrected chi connectivity index (χ0v) is 12.8. The lowest BCUT2D eigenvalue weighted by molar-refractivity contribution is -0.162. The number of benzene rings is 1. The monoisotopic (exact) mass is 309 g/mol. The number of carbonyl (C=O) groups is 2. The minimum atomic E-state index is -0.921. The Labute approximate surface area is 128 Å². The van der Waals surface area contributed by atoms with E-state index in [1.54, 1.807) is 0 Å². The highest BCUT2D eigenvalue weighted by molar-refractivity contribution is 5.69. The number of hydrogen-bond acceptors (Lipinski definition) is 6. The molecule has 0 spiro atoms. The van der Waals surface area contributed by atoms with Crippen molar-refractivity contribution in [2.45, 2.75) is 39.5 Å². The number of nitrogens with one attached hydrogen (secondary N) is 1. The summed E-state index contributed by atoms with van der Waals surface area (Å²) in [5.41, 5.74) is 1.00. The van der Waals surface area contributed by atoms with Gasteiger partial charge in [0.05, 0.1) is 0 Å². The number of esters is 1. The van der Waals surface area contributed by atoms with Crippen molar-refractivity contribution in [1.29, 1.82) is 0 Å². The van der Waals surface area contributed by atoms with Crippen LogP contribution in [0.2, 0.25) is 0 Å². The maximum Gasteiger partial charge on any atom is 0.410 e. The van der Waals surface area contributed by atoms with Crippen LogP contribution in [0.1, 0.15) is 26.3 Å². The smallest absolute Gasteiger partial charge is 0.410 e. The van der Waals surface area contributed by atoms with E-state index in [9.17, 15) is 9.59 Å². The molecule has 0 fully saturated rings. The highest BCUT2D eigenvalue weighted by Gasteiger charge is 2.17. The van der Waals surface area contributed by atoms with Gasteiger partial charge in [-0.3, -0.25) is 4.79 Å². The molecule has 2 rings (SSSR count). The van der Waals surface area contributed by atoms with Crippen LogP contribution in [-0.4, -0.2) is 31.2 Å². The van der Waals surface area contributed by atoms with E-state index in [0.29, 0.717) is 12.2 Å². The van der Waals surface area contributed by atoms with Gasteiger partial charge < -0.3 is 24.3 Å². The third-order valence-electron chi connectivity index (χ3n) is 2.95. The van der Waals surface area contributed by atoms with E-state index < -0.39 is 18.4 Å². The second-order valence-electron chi connectivity index (χ2n) is 5.02. The number of carbonyl (C=O) groups excluding carboxylic acids is 2. The second-order valence-corrected chi connectivity index (χ2v) is 5.02. The fourth-order valence-electron chi connectivity index (χ4n) is 2.12. The molecule has 0 radical (unpaired) electrons. The lowest BCUT2D eigenvalue weighted by Gasteiger charge is -2.17. The molecule has 22 heavy (non-hydrogen) atoms. The minimum absolute atomic E-state index is 0.155. The first-order chi connectivity index (χ1) is 10.4. The molecule has 2 unspecified atom stereocenters. The van der Waals surface area contributed by atoms with Gasteiger partial charge in [0.1, 0.15) is 0 Å². The summed E-state index contributed by atoms with van der Waals surface area (Å²) in [6.07, 6.45) is -0.953. The lowest BCUT2D eigenvalue weighted by Crippen LogP contribution is -2.37. The SMILES string of the molecule is CC(=O)OC(C)OC(=O)NC(C)Cc1ccc2c(c1)OCO2. The van der Waals surface area contributed by atoms with Crippen LogP contribution in [-0.2, 0) is 20.7 Å². The predicted octanol–water partition coefficient (Wildman–Crippen LogP) is 1.98. The summed E-state index contributed by atoms with van der Waals surface area (Å²) in [6.45, 7) is 4.80. The van der Waals surface area contributed by atoms with Crippen LogP contribution in [0.4, 0.5) is 4.79 Å². The van der Waals surface area contributed by atoms with E-state index in [2.05, 4.69) is 5.32 Å². The average Bonchev–Trinajstić information content (AvgIpc) is 2.84. The molecule has 1 heterocycles. The molecule has 0 aromatic heterocycles.